The van der Waals surface area contributed by atoms with E-state index in [1.807, 2.05) is 42.5 Å². The highest BCUT2D eigenvalue weighted by Crippen LogP contribution is 2.25. The average Bonchev–Trinajstić information content (AvgIpc) is 3.22. The van der Waals surface area contributed by atoms with Crippen LogP contribution in [0.25, 0.3) is 16.9 Å². The van der Waals surface area contributed by atoms with Gasteiger partial charge in [0.15, 0.2) is 0 Å². The number of halogens is 1. The minimum absolute atomic E-state index is 0.323. The fourth-order valence-corrected chi connectivity index (χ4v) is 4.02. The van der Waals surface area contributed by atoms with Crippen molar-refractivity contribution in [1.29, 1.82) is 0 Å². The lowest BCUT2D eigenvalue weighted by Crippen LogP contribution is -2.17. The summed E-state index contributed by atoms with van der Waals surface area (Å²) in [6.45, 7) is 1.78. The summed E-state index contributed by atoms with van der Waals surface area (Å²) in [4.78, 5) is 13.3. The summed E-state index contributed by atoms with van der Waals surface area (Å²) in [6, 6.07) is 23.3. The highest BCUT2D eigenvalue weighted by Gasteiger charge is 2.18. The number of anilines is 2. The lowest BCUT2D eigenvalue weighted by molar-refractivity contribution is 0.101. The molecule has 0 unspecified atom stereocenters. The maximum atomic E-state index is 13.3. The Morgan fingerprint density at radius 3 is 2.33 bits per heavy atom. The Morgan fingerprint density at radius 2 is 1.67 bits per heavy atom. The highest BCUT2D eigenvalue weighted by molar-refractivity contribution is 7.92. The predicted molar refractivity (Wildman–Crippen MR) is 132 cm³/mol. The lowest BCUT2D eigenvalue weighted by atomic mass is 10.1. The smallest absolute Gasteiger partial charge is 0.274 e. The number of para-hydroxylation sites is 1. The third kappa shape index (κ3) is 5.42. The Balaban J connectivity index is 1.71. The third-order valence-electron chi connectivity index (χ3n) is 4.87. The molecule has 0 spiro atoms. The Labute approximate surface area is 197 Å². The van der Waals surface area contributed by atoms with Crippen molar-refractivity contribution in [2.75, 3.05) is 16.3 Å². The van der Waals surface area contributed by atoms with Gasteiger partial charge < -0.3 is 5.32 Å². The Kier molecular flexibility index (Phi) is 6.22. The van der Waals surface area contributed by atoms with E-state index in [9.17, 15) is 13.2 Å². The zero-order valence-electron chi connectivity index (χ0n) is 17.9. The first kappa shape index (κ1) is 22.6. The van der Waals surface area contributed by atoms with Crippen LogP contribution in [-0.2, 0) is 10.0 Å². The number of aryl methyl sites for hydroxylation is 1. The molecule has 9 heteroatoms. The molecule has 0 radical (unpaired) electrons. The van der Waals surface area contributed by atoms with Crippen LogP contribution in [0.1, 0.15) is 16.1 Å². The number of hydrogen-bond donors (Lipinski definition) is 2. The normalized spacial score (nSPS) is 11.2. The van der Waals surface area contributed by atoms with Crippen LogP contribution in [0.15, 0.2) is 78.9 Å². The first-order valence-corrected chi connectivity index (χ1v) is 12.3. The molecule has 1 amide bonds. The number of carbonyl (C=O) groups excluding carboxylic acids is 1. The van der Waals surface area contributed by atoms with Crippen LogP contribution in [0.3, 0.4) is 0 Å². The highest BCUT2D eigenvalue weighted by atomic mass is 35.5. The number of nitrogens with one attached hydrogen (secondary N) is 2. The van der Waals surface area contributed by atoms with E-state index in [1.54, 1.807) is 48.0 Å². The maximum absolute atomic E-state index is 13.3. The van der Waals surface area contributed by atoms with Crippen molar-refractivity contribution >= 4 is 38.9 Å². The van der Waals surface area contributed by atoms with E-state index in [1.165, 1.54) is 0 Å². The van der Waals surface area contributed by atoms with Crippen LogP contribution in [0.4, 0.5) is 11.4 Å². The molecule has 0 aliphatic rings. The zero-order chi connectivity index (χ0) is 23.6. The molecule has 4 aromatic rings. The number of carbonyl (C=O) groups is 1. The van der Waals surface area contributed by atoms with Crippen LogP contribution >= 0.6 is 11.6 Å². The van der Waals surface area contributed by atoms with E-state index < -0.39 is 10.0 Å². The van der Waals surface area contributed by atoms with E-state index in [0.29, 0.717) is 27.8 Å². The molecule has 1 aromatic heterocycles. The van der Waals surface area contributed by atoms with Gasteiger partial charge in [-0.25, -0.2) is 13.1 Å². The second-order valence-corrected chi connectivity index (χ2v) is 9.71. The molecule has 0 bridgehead atoms. The molecule has 168 valence electrons. The van der Waals surface area contributed by atoms with Crippen molar-refractivity contribution in [3.63, 3.8) is 0 Å². The van der Waals surface area contributed by atoms with Gasteiger partial charge in [-0.2, -0.15) is 5.10 Å². The van der Waals surface area contributed by atoms with Crippen molar-refractivity contribution < 1.29 is 13.2 Å². The van der Waals surface area contributed by atoms with Gasteiger partial charge in [-0.05, 0) is 55.0 Å². The summed E-state index contributed by atoms with van der Waals surface area (Å²) in [7, 11) is -3.46. The first-order valence-electron chi connectivity index (χ1n) is 10.0. The largest absolute Gasteiger partial charge is 0.321 e. The van der Waals surface area contributed by atoms with Crippen LogP contribution in [0.5, 0.6) is 0 Å². The van der Waals surface area contributed by atoms with Gasteiger partial charge in [-0.1, -0.05) is 48.0 Å². The molecule has 0 saturated carbocycles. The quantitative estimate of drug-likeness (QED) is 0.400. The van der Waals surface area contributed by atoms with E-state index >= 15 is 0 Å². The van der Waals surface area contributed by atoms with Crippen molar-refractivity contribution in [2.24, 2.45) is 0 Å². The zero-order valence-corrected chi connectivity index (χ0v) is 19.5. The predicted octanol–water partition coefficient (Wildman–Crippen LogP) is 5.12. The van der Waals surface area contributed by atoms with Crippen molar-refractivity contribution in [3.8, 4) is 16.9 Å². The molecule has 0 aliphatic carbocycles. The second-order valence-electron chi connectivity index (χ2n) is 7.53. The van der Waals surface area contributed by atoms with Gasteiger partial charge in [-0.3, -0.25) is 9.52 Å². The van der Waals surface area contributed by atoms with Gasteiger partial charge in [0.2, 0.25) is 10.0 Å². The van der Waals surface area contributed by atoms with Crippen molar-refractivity contribution in [1.82, 2.24) is 9.78 Å². The summed E-state index contributed by atoms with van der Waals surface area (Å²) in [5.74, 6) is -0.388. The first-order chi connectivity index (χ1) is 15.7. The van der Waals surface area contributed by atoms with E-state index in [4.69, 9.17) is 11.6 Å². The number of benzene rings is 3. The van der Waals surface area contributed by atoms with Gasteiger partial charge in [0.25, 0.3) is 5.91 Å². The molecule has 0 fully saturated rings. The SMILES string of the molecule is Cc1ccc(NC(=O)c2cc(-c3ccc(Cl)cc3)nn2-c2ccccc2)cc1NS(C)(=O)=O. The molecule has 7 nitrogen and oxygen atoms in total. The number of sulfonamides is 1. The number of hydrogen-bond acceptors (Lipinski definition) is 4. The van der Waals surface area contributed by atoms with Gasteiger partial charge >= 0.3 is 0 Å². The van der Waals surface area contributed by atoms with Crippen LogP contribution in [0.2, 0.25) is 5.02 Å². The molecule has 4 rings (SSSR count). The molecule has 3 aromatic carbocycles. The van der Waals surface area contributed by atoms with Crippen LogP contribution in [-0.4, -0.2) is 30.4 Å². The van der Waals surface area contributed by atoms with Gasteiger partial charge in [0, 0.05) is 16.3 Å². The number of aromatic nitrogens is 2. The summed E-state index contributed by atoms with van der Waals surface area (Å²) < 4.78 is 27.3. The standard InChI is InChI=1S/C24H21ClN4O3S/c1-16-8-13-19(14-21(16)28-33(2,31)32)26-24(30)23-15-22(17-9-11-18(25)12-10-17)27-29(23)20-6-4-3-5-7-20/h3-15,28H,1-2H3,(H,26,30). The number of nitrogens with zero attached hydrogens (tertiary/aromatic N) is 2. The molecule has 1 heterocycles. The molecule has 2 N–H and O–H groups in total. The van der Waals surface area contributed by atoms with Crippen molar-refractivity contribution in [2.45, 2.75) is 6.92 Å². The van der Waals surface area contributed by atoms with E-state index in [0.717, 1.165) is 23.1 Å². The van der Waals surface area contributed by atoms with Crippen LogP contribution in [0, 0.1) is 6.92 Å². The number of amides is 1. The fourth-order valence-electron chi connectivity index (χ4n) is 3.28. The summed E-state index contributed by atoms with van der Waals surface area (Å²) in [5, 5.41) is 8.09. The fraction of sp³-hybridized carbons (Fsp3) is 0.0833. The Bertz CT molecular complexity index is 1420. The molecule has 0 saturated heterocycles. The Morgan fingerprint density at radius 1 is 0.970 bits per heavy atom. The average molecular weight is 481 g/mol. The molecule has 33 heavy (non-hydrogen) atoms. The van der Waals surface area contributed by atoms with Gasteiger partial charge in [0.1, 0.15) is 5.69 Å². The third-order valence-corrected chi connectivity index (χ3v) is 5.72. The summed E-state index contributed by atoms with van der Waals surface area (Å²) in [6.07, 6.45) is 1.08. The van der Waals surface area contributed by atoms with E-state index in [2.05, 4.69) is 15.1 Å². The Hall–Kier alpha value is -3.62. The molecular formula is C24H21ClN4O3S. The molecular weight excluding hydrogens is 460 g/mol. The monoisotopic (exact) mass is 480 g/mol. The number of rotatable bonds is 6. The molecule has 0 atom stereocenters. The minimum Gasteiger partial charge on any atom is -0.321 e. The van der Waals surface area contributed by atoms with Crippen molar-refractivity contribution in [3.05, 3.63) is 95.1 Å². The minimum atomic E-state index is -3.46. The van der Waals surface area contributed by atoms with Gasteiger partial charge in [-0.15, -0.1) is 0 Å². The second kappa shape index (κ2) is 9.09. The lowest BCUT2D eigenvalue weighted by Gasteiger charge is -2.12. The topological polar surface area (TPSA) is 93.1 Å². The summed E-state index contributed by atoms with van der Waals surface area (Å²) >= 11 is 6.00. The van der Waals surface area contributed by atoms with E-state index in [-0.39, 0.29) is 5.91 Å². The summed E-state index contributed by atoms with van der Waals surface area (Å²) in [5.41, 5.74) is 4.06. The maximum Gasteiger partial charge on any atom is 0.274 e. The van der Waals surface area contributed by atoms with Crippen LogP contribution < -0.4 is 10.0 Å². The molecule has 0 aliphatic heterocycles. The van der Waals surface area contributed by atoms with Gasteiger partial charge in [0.05, 0.1) is 23.3 Å².